The zero-order chi connectivity index (χ0) is 12.7. The number of hydrogen-bond acceptors (Lipinski definition) is 5. The molecule has 0 aromatic carbocycles. The number of anilines is 1. The standard InChI is InChI=1S/C9H12N4O4/c14-9(15)12-6-2-5-11-8-7(13(16)17)3-1-4-10-8/h1,3-4,12H,2,5-6H2,(H,10,11)(H,14,15). The van der Waals surface area contributed by atoms with E-state index in [1.807, 2.05) is 0 Å². The van der Waals surface area contributed by atoms with Gasteiger partial charge in [-0.3, -0.25) is 10.1 Å². The van der Waals surface area contributed by atoms with Crippen LogP contribution in [0.2, 0.25) is 0 Å². The van der Waals surface area contributed by atoms with E-state index in [0.29, 0.717) is 13.0 Å². The lowest BCUT2D eigenvalue weighted by Gasteiger charge is -2.05. The highest BCUT2D eigenvalue weighted by Crippen LogP contribution is 2.19. The number of carbonyl (C=O) groups is 1. The third kappa shape index (κ3) is 4.33. The molecule has 1 heterocycles. The van der Waals surface area contributed by atoms with Crippen molar-refractivity contribution in [2.45, 2.75) is 6.42 Å². The van der Waals surface area contributed by atoms with E-state index in [-0.39, 0.29) is 18.1 Å². The number of nitrogens with zero attached hydrogens (tertiary/aromatic N) is 2. The van der Waals surface area contributed by atoms with Crippen LogP contribution in [0.3, 0.4) is 0 Å². The molecule has 92 valence electrons. The number of carboxylic acid groups (broad SMARTS) is 1. The van der Waals surface area contributed by atoms with Gasteiger partial charge in [-0.25, -0.2) is 9.78 Å². The van der Waals surface area contributed by atoms with Gasteiger partial charge in [-0.2, -0.15) is 0 Å². The van der Waals surface area contributed by atoms with Crippen LogP contribution in [0.1, 0.15) is 6.42 Å². The van der Waals surface area contributed by atoms with Crippen molar-refractivity contribution < 1.29 is 14.8 Å². The van der Waals surface area contributed by atoms with Crippen molar-refractivity contribution in [3.05, 3.63) is 28.4 Å². The van der Waals surface area contributed by atoms with Gasteiger partial charge in [0, 0.05) is 25.4 Å². The highest BCUT2D eigenvalue weighted by Gasteiger charge is 2.12. The van der Waals surface area contributed by atoms with Crippen molar-refractivity contribution in [3.8, 4) is 0 Å². The Labute approximate surface area is 96.8 Å². The van der Waals surface area contributed by atoms with Gasteiger partial charge in [0.2, 0.25) is 5.82 Å². The van der Waals surface area contributed by atoms with E-state index in [2.05, 4.69) is 15.6 Å². The van der Waals surface area contributed by atoms with Crippen LogP contribution in [-0.4, -0.2) is 34.2 Å². The third-order valence-corrected chi connectivity index (χ3v) is 1.91. The lowest BCUT2D eigenvalue weighted by molar-refractivity contribution is -0.384. The molecule has 8 heteroatoms. The lowest BCUT2D eigenvalue weighted by atomic mass is 10.3. The second-order valence-electron chi connectivity index (χ2n) is 3.14. The number of rotatable bonds is 6. The second kappa shape index (κ2) is 6.26. The molecule has 0 fully saturated rings. The second-order valence-corrected chi connectivity index (χ2v) is 3.14. The molecule has 0 atom stereocenters. The van der Waals surface area contributed by atoms with E-state index in [1.165, 1.54) is 18.3 Å². The first-order valence-corrected chi connectivity index (χ1v) is 4.91. The summed E-state index contributed by atoms with van der Waals surface area (Å²) in [5.41, 5.74) is -0.0984. The Morgan fingerprint density at radius 2 is 2.29 bits per heavy atom. The van der Waals surface area contributed by atoms with Gasteiger partial charge in [0.15, 0.2) is 0 Å². The van der Waals surface area contributed by atoms with Gasteiger partial charge in [0.05, 0.1) is 4.92 Å². The van der Waals surface area contributed by atoms with Crippen molar-refractivity contribution >= 4 is 17.6 Å². The van der Waals surface area contributed by atoms with Crippen LogP contribution in [0.5, 0.6) is 0 Å². The van der Waals surface area contributed by atoms with Crippen LogP contribution in [0.25, 0.3) is 0 Å². The lowest BCUT2D eigenvalue weighted by Crippen LogP contribution is -2.23. The van der Waals surface area contributed by atoms with Gasteiger partial charge in [0.25, 0.3) is 0 Å². The summed E-state index contributed by atoms with van der Waals surface area (Å²) < 4.78 is 0. The zero-order valence-corrected chi connectivity index (χ0v) is 8.92. The zero-order valence-electron chi connectivity index (χ0n) is 8.92. The summed E-state index contributed by atoms with van der Waals surface area (Å²) in [4.78, 5) is 24.1. The number of hydrogen-bond donors (Lipinski definition) is 3. The Morgan fingerprint density at radius 3 is 2.94 bits per heavy atom. The van der Waals surface area contributed by atoms with Gasteiger partial charge < -0.3 is 15.7 Å². The Hall–Kier alpha value is -2.38. The maximum Gasteiger partial charge on any atom is 0.404 e. The molecule has 17 heavy (non-hydrogen) atoms. The summed E-state index contributed by atoms with van der Waals surface area (Å²) in [6, 6.07) is 2.83. The highest BCUT2D eigenvalue weighted by molar-refractivity contribution is 5.64. The molecule has 0 saturated heterocycles. The molecule has 0 radical (unpaired) electrons. The molecule has 0 bridgehead atoms. The van der Waals surface area contributed by atoms with Gasteiger partial charge >= 0.3 is 11.8 Å². The number of nitro groups is 1. The van der Waals surface area contributed by atoms with Crippen molar-refractivity contribution in [1.29, 1.82) is 0 Å². The molecule has 0 aliphatic carbocycles. The molecule has 0 saturated carbocycles. The van der Waals surface area contributed by atoms with Crippen LogP contribution in [0.4, 0.5) is 16.3 Å². The number of pyridine rings is 1. The Bertz CT molecular complexity index is 410. The average molecular weight is 240 g/mol. The highest BCUT2D eigenvalue weighted by atomic mass is 16.6. The van der Waals surface area contributed by atoms with E-state index in [4.69, 9.17) is 5.11 Å². The van der Waals surface area contributed by atoms with Gasteiger partial charge in [-0.05, 0) is 12.5 Å². The van der Waals surface area contributed by atoms with E-state index in [9.17, 15) is 14.9 Å². The van der Waals surface area contributed by atoms with Crippen molar-refractivity contribution in [3.63, 3.8) is 0 Å². The van der Waals surface area contributed by atoms with Crippen LogP contribution >= 0.6 is 0 Å². The molecule has 0 aliphatic rings. The minimum Gasteiger partial charge on any atom is -0.465 e. The number of nitrogens with one attached hydrogen (secondary N) is 2. The SMILES string of the molecule is O=C(O)NCCCNc1ncccc1[N+](=O)[O-]. The maximum absolute atomic E-state index is 10.6. The minimum atomic E-state index is -1.09. The fraction of sp³-hybridized carbons (Fsp3) is 0.333. The van der Waals surface area contributed by atoms with E-state index < -0.39 is 11.0 Å². The number of amides is 1. The van der Waals surface area contributed by atoms with Crippen molar-refractivity contribution in [2.24, 2.45) is 0 Å². The van der Waals surface area contributed by atoms with Gasteiger partial charge in [-0.1, -0.05) is 0 Å². The summed E-state index contributed by atoms with van der Waals surface area (Å²) in [5.74, 6) is 0.188. The normalized spacial score (nSPS) is 9.65. The molecule has 0 spiro atoms. The first-order valence-electron chi connectivity index (χ1n) is 4.91. The molecule has 1 aromatic rings. The number of aromatic nitrogens is 1. The smallest absolute Gasteiger partial charge is 0.404 e. The molecule has 1 rings (SSSR count). The van der Waals surface area contributed by atoms with Crippen LogP contribution < -0.4 is 10.6 Å². The first-order chi connectivity index (χ1) is 8.11. The maximum atomic E-state index is 10.6. The fourth-order valence-corrected chi connectivity index (χ4v) is 1.17. The fourth-order valence-electron chi connectivity index (χ4n) is 1.17. The molecule has 1 aromatic heterocycles. The van der Waals surface area contributed by atoms with Gasteiger partial charge in [0.1, 0.15) is 0 Å². The summed E-state index contributed by atoms with van der Waals surface area (Å²) in [5, 5.41) is 23.9. The van der Waals surface area contributed by atoms with Crippen LogP contribution in [-0.2, 0) is 0 Å². The Kier molecular flexibility index (Phi) is 4.67. The summed E-state index contributed by atoms with van der Waals surface area (Å²) in [7, 11) is 0. The Morgan fingerprint density at radius 1 is 1.53 bits per heavy atom. The van der Waals surface area contributed by atoms with Crippen molar-refractivity contribution in [1.82, 2.24) is 10.3 Å². The molecular formula is C9H12N4O4. The molecule has 1 amide bonds. The third-order valence-electron chi connectivity index (χ3n) is 1.91. The largest absolute Gasteiger partial charge is 0.465 e. The van der Waals surface area contributed by atoms with Gasteiger partial charge in [-0.15, -0.1) is 0 Å². The predicted octanol–water partition coefficient (Wildman–Crippen LogP) is 1.06. The summed E-state index contributed by atoms with van der Waals surface area (Å²) in [6.07, 6.45) is 0.874. The summed E-state index contributed by atoms with van der Waals surface area (Å²) in [6.45, 7) is 0.682. The van der Waals surface area contributed by atoms with E-state index in [1.54, 1.807) is 0 Å². The van der Waals surface area contributed by atoms with Crippen LogP contribution in [0, 0.1) is 10.1 Å². The van der Waals surface area contributed by atoms with Crippen molar-refractivity contribution in [2.75, 3.05) is 18.4 Å². The predicted molar refractivity (Wildman–Crippen MR) is 60.0 cm³/mol. The van der Waals surface area contributed by atoms with Crippen LogP contribution in [0.15, 0.2) is 18.3 Å². The molecule has 0 unspecified atom stereocenters. The Balaban J connectivity index is 2.41. The van der Waals surface area contributed by atoms with E-state index in [0.717, 1.165) is 0 Å². The molecular weight excluding hydrogens is 228 g/mol. The topological polar surface area (TPSA) is 117 Å². The summed E-state index contributed by atoms with van der Waals surface area (Å²) >= 11 is 0. The average Bonchev–Trinajstić information content (AvgIpc) is 2.28. The monoisotopic (exact) mass is 240 g/mol. The van der Waals surface area contributed by atoms with E-state index >= 15 is 0 Å². The molecule has 8 nitrogen and oxygen atoms in total. The minimum absolute atomic E-state index is 0.0984. The first kappa shape index (κ1) is 12.7. The molecule has 3 N–H and O–H groups in total. The quantitative estimate of drug-likeness (QED) is 0.388. The molecule has 0 aliphatic heterocycles.